The Kier molecular flexibility index (Phi) is 6.89. The van der Waals surface area contributed by atoms with Crippen molar-refractivity contribution in [3.05, 3.63) is 89.5 Å². The maximum absolute atomic E-state index is 12.4. The second-order valence-corrected chi connectivity index (χ2v) is 7.93. The summed E-state index contributed by atoms with van der Waals surface area (Å²) in [6.07, 6.45) is -2.21. The summed E-state index contributed by atoms with van der Waals surface area (Å²) >= 11 is 0. The summed E-state index contributed by atoms with van der Waals surface area (Å²) in [5.41, 5.74) is 5.36. The molecule has 0 spiro atoms. The molecule has 0 fully saturated rings. The molecule has 0 aromatic heterocycles. The average molecular weight is 460 g/mol. The van der Waals surface area contributed by atoms with Crippen molar-refractivity contribution in [1.29, 1.82) is 0 Å². The van der Waals surface area contributed by atoms with E-state index < -0.39 is 24.1 Å². The second-order valence-electron chi connectivity index (χ2n) is 7.93. The molecule has 1 aliphatic carbocycles. The van der Waals surface area contributed by atoms with Gasteiger partial charge < -0.3 is 20.3 Å². The van der Waals surface area contributed by atoms with E-state index in [1.165, 1.54) is 12.1 Å². The Morgan fingerprint density at radius 3 is 2.06 bits per heavy atom. The molecule has 0 aliphatic heterocycles. The maximum atomic E-state index is 12.4. The van der Waals surface area contributed by atoms with E-state index in [-0.39, 0.29) is 25.5 Å². The predicted octanol–water partition coefficient (Wildman–Crippen LogP) is 3.61. The summed E-state index contributed by atoms with van der Waals surface area (Å²) in [5.74, 6) is -1.79. The van der Waals surface area contributed by atoms with Gasteiger partial charge in [-0.3, -0.25) is 10.1 Å². The van der Waals surface area contributed by atoms with Gasteiger partial charge in [-0.15, -0.1) is 0 Å². The molecule has 2 amide bonds. The summed E-state index contributed by atoms with van der Waals surface area (Å²) in [6, 6.07) is 22.4. The number of hydrogen-bond donors (Lipinski definition) is 4. The molecule has 0 heterocycles. The van der Waals surface area contributed by atoms with Crippen molar-refractivity contribution in [3.63, 3.8) is 0 Å². The third-order valence-electron chi connectivity index (χ3n) is 5.73. The van der Waals surface area contributed by atoms with Crippen molar-refractivity contribution in [2.45, 2.75) is 18.4 Å². The zero-order valence-corrected chi connectivity index (χ0v) is 18.2. The number of hydrogen-bond acceptors (Lipinski definition) is 5. The summed E-state index contributed by atoms with van der Waals surface area (Å²) in [6.45, 7) is 0.217. The number of nitrogens with one attached hydrogen (secondary N) is 2. The Hall–Kier alpha value is -4.17. The second kappa shape index (κ2) is 10.2. The van der Waals surface area contributed by atoms with Crippen LogP contribution in [-0.2, 0) is 9.53 Å². The zero-order chi connectivity index (χ0) is 24.1. The molecule has 0 radical (unpaired) electrons. The summed E-state index contributed by atoms with van der Waals surface area (Å²) in [5, 5.41) is 23.1. The van der Waals surface area contributed by atoms with Crippen LogP contribution in [0.1, 0.15) is 33.8 Å². The minimum Gasteiger partial charge on any atom is -0.479 e. The fourth-order valence-corrected chi connectivity index (χ4v) is 4.01. The Balaban J connectivity index is 1.30. The molecule has 0 bridgehead atoms. The van der Waals surface area contributed by atoms with Crippen molar-refractivity contribution in [2.75, 3.05) is 18.5 Å². The third-order valence-corrected chi connectivity index (χ3v) is 5.73. The van der Waals surface area contributed by atoms with Crippen molar-refractivity contribution in [1.82, 2.24) is 5.32 Å². The first-order valence-electron chi connectivity index (χ1n) is 10.8. The predicted molar refractivity (Wildman–Crippen MR) is 126 cm³/mol. The van der Waals surface area contributed by atoms with Crippen LogP contribution in [-0.4, -0.2) is 47.4 Å². The van der Waals surface area contributed by atoms with Gasteiger partial charge in [0, 0.05) is 30.1 Å². The van der Waals surface area contributed by atoms with Gasteiger partial charge in [-0.05, 0) is 46.5 Å². The first-order valence-corrected chi connectivity index (χ1v) is 10.8. The normalized spacial score (nSPS) is 12.9. The van der Waals surface area contributed by atoms with Gasteiger partial charge >= 0.3 is 12.1 Å². The molecule has 1 atom stereocenters. The van der Waals surface area contributed by atoms with E-state index in [4.69, 9.17) is 9.84 Å². The van der Waals surface area contributed by atoms with Crippen LogP contribution in [0.2, 0.25) is 0 Å². The summed E-state index contributed by atoms with van der Waals surface area (Å²) in [7, 11) is 0. The number of rotatable bonds is 8. The molecule has 8 heteroatoms. The highest BCUT2D eigenvalue weighted by atomic mass is 16.5. The van der Waals surface area contributed by atoms with E-state index in [0.717, 1.165) is 22.3 Å². The van der Waals surface area contributed by atoms with Crippen molar-refractivity contribution >= 4 is 23.7 Å². The van der Waals surface area contributed by atoms with Crippen LogP contribution >= 0.6 is 0 Å². The van der Waals surface area contributed by atoms with Gasteiger partial charge in [-0.25, -0.2) is 9.59 Å². The monoisotopic (exact) mass is 460 g/mol. The topological polar surface area (TPSA) is 125 Å². The number of amides is 2. The number of anilines is 1. The molecule has 8 nitrogen and oxygen atoms in total. The Labute approximate surface area is 196 Å². The molecule has 0 saturated heterocycles. The highest BCUT2D eigenvalue weighted by Gasteiger charge is 2.29. The summed E-state index contributed by atoms with van der Waals surface area (Å²) in [4.78, 5) is 35.1. The average Bonchev–Trinajstić information content (AvgIpc) is 3.16. The SMILES string of the molecule is O=C(Nc1ccc(C(=O)NCC[C@H](O)C(=O)O)cc1)OCC1c2ccccc2-c2ccccc21. The van der Waals surface area contributed by atoms with Gasteiger partial charge in [0.15, 0.2) is 6.10 Å². The van der Waals surface area contributed by atoms with E-state index in [1.54, 1.807) is 12.1 Å². The lowest BCUT2D eigenvalue weighted by atomic mass is 9.98. The highest BCUT2D eigenvalue weighted by molar-refractivity contribution is 5.95. The number of ether oxygens (including phenoxy) is 1. The lowest BCUT2D eigenvalue weighted by molar-refractivity contribution is -0.146. The molecule has 3 aromatic rings. The van der Waals surface area contributed by atoms with E-state index >= 15 is 0 Å². The Bertz CT molecular complexity index is 1160. The number of fused-ring (bicyclic) bond motifs is 3. The zero-order valence-electron chi connectivity index (χ0n) is 18.2. The smallest absolute Gasteiger partial charge is 0.411 e. The maximum Gasteiger partial charge on any atom is 0.411 e. The van der Waals surface area contributed by atoms with Gasteiger partial charge in [-0.2, -0.15) is 0 Å². The number of carbonyl (C=O) groups is 3. The number of carbonyl (C=O) groups excluding carboxylic acids is 2. The molecule has 0 saturated carbocycles. The minimum atomic E-state index is -1.52. The first kappa shape index (κ1) is 23.0. The third kappa shape index (κ3) is 5.07. The fourth-order valence-electron chi connectivity index (χ4n) is 4.01. The Morgan fingerprint density at radius 2 is 1.47 bits per heavy atom. The standard InChI is InChI=1S/C26H24N2O6/c29-23(25(31)32)13-14-27-24(30)16-9-11-17(12-10-16)28-26(33)34-15-22-20-7-3-1-5-18(20)19-6-2-4-8-21(19)22/h1-12,22-23,29H,13-15H2,(H,27,30)(H,28,33)(H,31,32)/t23-/m0/s1. The van der Waals surface area contributed by atoms with Gasteiger partial charge in [0.1, 0.15) is 6.61 Å². The van der Waals surface area contributed by atoms with Crippen LogP contribution in [0.5, 0.6) is 0 Å². The van der Waals surface area contributed by atoms with Gasteiger partial charge in [0.25, 0.3) is 5.91 Å². The van der Waals surface area contributed by atoms with Crippen LogP contribution < -0.4 is 10.6 Å². The number of aliphatic hydroxyl groups excluding tert-OH is 1. The van der Waals surface area contributed by atoms with Crippen LogP contribution in [0.25, 0.3) is 11.1 Å². The molecule has 174 valence electrons. The van der Waals surface area contributed by atoms with Gasteiger partial charge in [-0.1, -0.05) is 48.5 Å². The fraction of sp³-hybridized carbons (Fsp3) is 0.192. The molecule has 0 unspecified atom stereocenters. The number of benzene rings is 3. The number of aliphatic hydroxyl groups is 1. The lowest BCUT2D eigenvalue weighted by Crippen LogP contribution is -2.30. The molecule has 34 heavy (non-hydrogen) atoms. The molecular formula is C26H24N2O6. The quantitative estimate of drug-likeness (QED) is 0.407. The molecule has 1 aliphatic rings. The lowest BCUT2D eigenvalue weighted by Gasteiger charge is -2.14. The van der Waals surface area contributed by atoms with Crippen molar-refractivity contribution in [2.24, 2.45) is 0 Å². The van der Waals surface area contributed by atoms with Crippen LogP contribution in [0.15, 0.2) is 72.8 Å². The molecule has 3 aromatic carbocycles. The molecular weight excluding hydrogens is 436 g/mol. The van der Waals surface area contributed by atoms with Crippen molar-refractivity contribution in [3.8, 4) is 11.1 Å². The largest absolute Gasteiger partial charge is 0.479 e. The number of aliphatic carboxylic acids is 1. The highest BCUT2D eigenvalue weighted by Crippen LogP contribution is 2.44. The van der Waals surface area contributed by atoms with E-state index in [0.29, 0.717) is 11.3 Å². The summed E-state index contributed by atoms with van der Waals surface area (Å²) < 4.78 is 5.52. The van der Waals surface area contributed by atoms with Crippen LogP contribution in [0, 0.1) is 0 Å². The van der Waals surface area contributed by atoms with Gasteiger partial charge in [0.05, 0.1) is 0 Å². The Morgan fingerprint density at radius 1 is 0.882 bits per heavy atom. The van der Waals surface area contributed by atoms with Crippen LogP contribution in [0.3, 0.4) is 0 Å². The van der Waals surface area contributed by atoms with E-state index in [2.05, 4.69) is 22.8 Å². The molecule has 4 N–H and O–H groups in total. The number of carboxylic acids is 1. The van der Waals surface area contributed by atoms with E-state index in [9.17, 15) is 19.5 Å². The first-order chi connectivity index (χ1) is 16.4. The van der Waals surface area contributed by atoms with E-state index in [1.807, 2.05) is 36.4 Å². The number of carboxylic acid groups (broad SMARTS) is 1. The van der Waals surface area contributed by atoms with Gasteiger partial charge in [0.2, 0.25) is 0 Å². The molecule has 4 rings (SSSR count). The minimum absolute atomic E-state index is 0.0199. The van der Waals surface area contributed by atoms with Crippen LogP contribution in [0.4, 0.5) is 10.5 Å². The van der Waals surface area contributed by atoms with Crippen molar-refractivity contribution < 1.29 is 29.3 Å².